The fourth-order valence-corrected chi connectivity index (χ4v) is 1.49. The van der Waals surface area contributed by atoms with Crippen LogP contribution in [-0.4, -0.2) is 21.4 Å². The Morgan fingerprint density at radius 1 is 1.36 bits per heavy atom. The van der Waals surface area contributed by atoms with E-state index in [0.29, 0.717) is 5.56 Å². The molecule has 2 aromatic rings. The molecule has 0 aliphatic carbocycles. The zero-order chi connectivity index (χ0) is 10.1. The van der Waals surface area contributed by atoms with Crippen LogP contribution in [0.5, 0.6) is 0 Å². The van der Waals surface area contributed by atoms with Crippen molar-refractivity contribution in [2.24, 2.45) is 0 Å². The van der Waals surface area contributed by atoms with Crippen molar-refractivity contribution >= 4 is 11.3 Å². The number of aliphatic hydroxyl groups excluding tert-OH is 1. The molecule has 0 aromatic carbocycles. The highest BCUT2D eigenvalue weighted by Gasteiger charge is 2.15. The highest BCUT2D eigenvalue weighted by Crippen LogP contribution is 2.14. The Morgan fingerprint density at radius 3 is 2.86 bits per heavy atom. The molecule has 14 heavy (non-hydrogen) atoms. The summed E-state index contributed by atoms with van der Waals surface area (Å²) in [5.74, 6) is -0.237. The van der Waals surface area contributed by atoms with Gasteiger partial charge in [-0.25, -0.2) is 0 Å². The maximum absolute atomic E-state index is 11.6. The molecule has 0 aliphatic heterocycles. The predicted octanol–water partition coefficient (Wildman–Crippen LogP) is 1.50. The van der Waals surface area contributed by atoms with Gasteiger partial charge in [0.1, 0.15) is 6.10 Å². The molecule has 72 valence electrons. The summed E-state index contributed by atoms with van der Waals surface area (Å²) in [6, 6.07) is 7.35. The maximum Gasteiger partial charge on any atom is 0.193 e. The fraction of sp³-hybridized carbons (Fsp3) is 0.182. The topological polar surface area (TPSA) is 41.7 Å². The minimum atomic E-state index is -0.943. The predicted molar refractivity (Wildman–Crippen MR) is 53.4 cm³/mol. The molecule has 0 radical (unpaired) electrons. The molecule has 3 heteroatoms. The smallest absolute Gasteiger partial charge is 0.193 e. The van der Waals surface area contributed by atoms with Gasteiger partial charge in [-0.2, -0.15) is 0 Å². The van der Waals surface area contributed by atoms with Crippen molar-refractivity contribution in [3.05, 3.63) is 42.2 Å². The van der Waals surface area contributed by atoms with Crippen LogP contribution in [0.1, 0.15) is 17.3 Å². The zero-order valence-electron chi connectivity index (χ0n) is 7.84. The summed E-state index contributed by atoms with van der Waals surface area (Å²) in [4.78, 5) is 11.6. The molecule has 2 rings (SSSR count). The van der Waals surface area contributed by atoms with E-state index in [9.17, 15) is 9.90 Å². The number of carbonyl (C=O) groups is 1. The number of nitrogens with zero attached hydrogens (tertiary/aromatic N) is 1. The standard InChI is InChI=1S/C11H11NO2/c1-8(13)11(14)9-5-7-12-6-3-2-4-10(9)12/h2-8,13H,1H3/t8-/m1/s1. The van der Waals surface area contributed by atoms with Gasteiger partial charge in [-0.1, -0.05) is 6.07 Å². The summed E-state index contributed by atoms with van der Waals surface area (Å²) in [5.41, 5.74) is 1.40. The third-order valence-electron chi connectivity index (χ3n) is 2.21. The summed E-state index contributed by atoms with van der Waals surface area (Å²) < 4.78 is 1.86. The summed E-state index contributed by atoms with van der Waals surface area (Å²) in [6.07, 6.45) is 2.74. The molecule has 0 saturated carbocycles. The first-order valence-corrected chi connectivity index (χ1v) is 4.48. The van der Waals surface area contributed by atoms with E-state index in [0.717, 1.165) is 5.52 Å². The largest absolute Gasteiger partial charge is 0.385 e. The van der Waals surface area contributed by atoms with Crippen LogP contribution in [0.15, 0.2) is 36.7 Å². The molecule has 0 saturated heterocycles. The highest BCUT2D eigenvalue weighted by molar-refractivity contribution is 6.04. The number of aliphatic hydroxyl groups is 1. The van der Waals surface area contributed by atoms with Crippen LogP contribution in [0.3, 0.4) is 0 Å². The van der Waals surface area contributed by atoms with Crippen LogP contribution in [0, 0.1) is 0 Å². The van der Waals surface area contributed by atoms with Gasteiger partial charge < -0.3 is 9.51 Å². The number of hydrogen-bond acceptors (Lipinski definition) is 2. The van der Waals surface area contributed by atoms with Crippen molar-refractivity contribution in [3.8, 4) is 0 Å². The van der Waals surface area contributed by atoms with Crippen molar-refractivity contribution in [3.63, 3.8) is 0 Å². The number of ketones is 1. The highest BCUT2D eigenvalue weighted by atomic mass is 16.3. The first-order chi connectivity index (χ1) is 6.70. The minimum absolute atomic E-state index is 0.237. The molecular weight excluding hydrogens is 178 g/mol. The van der Waals surface area contributed by atoms with Gasteiger partial charge in [0, 0.05) is 18.0 Å². The lowest BCUT2D eigenvalue weighted by atomic mass is 10.1. The second-order valence-corrected chi connectivity index (χ2v) is 3.26. The number of pyridine rings is 1. The molecule has 0 spiro atoms. The number of carbonyl (C=O) groups excluding carboxylic acids is 1. The normalized spacial score (nSPS) is 13.0. The Morgan fingerprint density at radius 2 is 2.14 bits per heavy atom. The van der Waals surface area contributed by atoms with Crippen LogP contribution < -0.4 is 0 Å². The molecule has 0 fully saturated rings. The third-order valence-corrected chi connectivity index (χ3v) is 2.21. The summed E-state index contributed by atoms with van der Waals surface area (Å²) in [5, 5.41) is 9.19. The Labute approximate surface area is 81.6 Å². The summed E-state index contributed by atoms with van der Waals surface area (Å²) in [7, 11) is 0. The summed E-state index contributed by atoms with van der Waals surface area (Å²) >= 11 is 0. The van der Waals surface area contributed by atoms with Crippen molar-refractivity contribution in [2.75, 3.05) is 0 Å². The minimum Gasteiger partial charge on any atom is -0.385 e. The number of Topliss-reactive ketones (excluding diaryl/α,β-unsaturated/α-hetero) is 1. The van der Waals surface area contributed by atoms with E-state index >= 15 is 0 Å². The molecule has 1 N–H and O–H groups in total. The van der Waals surface area contributed by atoms with E-state index in [1.165, 1.54) is 6.92 Å². The Balaban J connectivity index is 2.58. The van der Waals surface area contributed by atoms with Gasteiger partial charge in [-0.15, -0.1) is 0 Å². The van der Waals surface area contributed by atoms with Gasteiger partial charge in [-0.05, 0) is 25.1 Å². The first-order valence-electron chi connectivity index (χ1n) is 4.48. The van der Waals surface area contributed by atoms with Crippen LogP contribution in [0.2, 0.25) is 0 Å². The molecule has 3 nitrogen and oxygen atoms in total. The first kappa shape index (κ1) is 8.97. The fourth-order valence-electron chi connectivity index (χ4n) is 1.49. The molecular formula is C11H11NO2. The molecule has 0 bridgehead atoms. The quantitative estimate of drug-likeness (QED) is 0.727. The zero-order valence-corrected chi connectivity index (χ0v) is 7.84. The molecule has 0 amide bonds. The number of fused-ring (bicyclic) bond motifs is 1. The molecule has 1 atom stereocenters. The van der Waals surface area contributed by atoms with E-state index in [1.54, 1.807) is 6.07 Å². The van der Waals surface area contributed by atoms with Crippen LogP contribution in [-0.2, 0) is 0 Å². The Hall–Kier alpha value is -1.61. The molecule has 2 aromatic heterocycles. The monoisotopic (exact) mass is 189 g/mol. The lowest BCUT2D eigenvalue weighted by Gasteiger charge is -2.01. The van der Waals surface area contributed by atoms with Crippen molar-refractivity contribution in [1.29, 1.82) is 0 Å². The van der Waals surface area contributed by atoms with Gasteiger partial charge in [0.2, 0.25) is 0 Å². The van der Waals surface area contributed by atoms with Gasteiger partial charge in [0.05, 0.1) is 5.52 Å². The SMILES string of the molecule is C[C@@H](O)C(=O)c1ccn2ccccc12. The van der Waals surface area contributed by atoms with Gasteiger partial charge in [0.25, 0.3) is 0 Å². The lowest BCUT2D eigenvalue weighted by Crippen LogP contribution is -2.15. The van der Waals surface area contributed by atoms with E-state index in [4.69, 9.17) is 0 Å². The van der Waals surface area contributed by atoms with E-state index in [1.807, 2.05) is 35.0 Å². The van der Waals surface area contributed by atoms with Crippen LogP contribution in [0.25, 0.3) is 5.52 Å². The number of rotatable bonds is 2. The Kier molecular flexibility index (Phi) is 2.09. The second kappa shape index (κ2) is 3.27. The van der Waals surface area contributed by atoms with Gasteiger partial charge >= 0.3 is 0 Å². The van der Waals surface area contributed by atoms with Gasteiger partial charge in [0.15, 0.2) is 5.78 Å². The van der Waals surface area contributed by atoms with Crippen molar-refractivity contribution < 1.29 is 9.90 Å². The van der Waals surface area contributed by atoms with Crippen molar-refractivity contribution in [1.82, 2.24) is 4.40 Å². The number of hydrogen-bond donors (Lipinski definition) is 1. The average Bonchev–Trinajstić information content (AvgIpc) is 2.60. The summed E-state index contributed by atoms with van der Waals surface area (Å²) in [6.45, 7) is 1.48. The second-order valence-electron chi connectivity index (χ2n) is 3.26. The van der Waals surface area contributed by atoms with E-state index in [2.05, 4.69) is 0 Å². The van der Waals surface area contributed by atoms with Crippen LogP contribution >= 0.6 is 0 Å². The molecule has 0 unspecified atom stereocenters. The van der Waals surface area contributed by atoms with Crippen molar-refractivity contribution in [2.45, 2.75) is 13.0 Å². The van der Waals surface area contributed by atoms with Gasteiger partial charge in [-0.3, -0.25) is 4.79 Å². The van der Waals surface area contributed by atoms with Crippen LogP contribution in [0.4, 0.5) is 0 Å². The lowest BCUT2D eigenvalue weighted by molar-refractivity contribution is 0.0781. The molecule has 2 heterocycles. The number of aromatic nitrogens is 1. The van der Waals surface area contributed by atoms with E-state index in [-0.39, 0.29) is 5.78 Å². The average molecular weight is 189 g/mol. The van der Waals surface area contributed by atoms with E-state index < -0.39 is 6.10 Å². The maximum atomic E-state index is 11.6. The Bertz CT molecular complexity index is 471. The molecule has 0 aliphatic rings. The third kappa shape index (κ3) is 1.32.